The number of nitrogens with one attached hydrogen (secondary N) is 2. The second-order valence-electron chi connectivity index (χ2n) is 7.72. The van der Waals surface area contributed by atoms with Crippen molar-refractivity contribution in [2.45, 2.75) is 55.0 Å². The quantitative estimate of drug-likeness (QED) is 0.771. The summed E-state index contributed by atoms with van der Waals surface area (Å²) >= 11 is 0. The van der Waals surface area contributed by atoms with Crippen LogP contribution in [0.15, 0.2) is 34.2 Å². The van der Waals surface area contributed by atoms with E-state index >= 15 is 0 Å². The number of rotatable bonds is 3. The van der Waals surface area contributed by atoms with E-state index in [0.29, 0.717) is 32.0 Å². The Morgan fingerprint density at radius 2 is 1.79 bits per heavy atom. The Kier molecular flexibility index (Phi) is 6.64. The van der Waals surface area contributed by atoms with Crippen LogP contribution in [0.3, 0.4) is 0 Å². The lowest BCUT2D eigenvalue weighted by Crippen LogP contribution is -2.65. The third-order valence-electron chi connectivity index (χ3n) is 6.02. The molecule has 1 aromatic carbocycles. The summed E-state index contributed by atoms with van der Waals surface area (Å²) in [6.45, 7) is 2.44. The molecular weight excluding hydrogens is 403 g/mol. The van der Waals surface area contributed by atoms with Gasteiger partial charge in [0.2, 0.25) is 10.0 Å². The van der Waals surface area contributed by atoms with Crippen molar-refractivity contribution in [3.05, 3.63) is 30.1 Å². The van der Waals surface area contributed by atoms with Crippen LogP contribution in [0.2, 0.25) is 0 Å². The fourth-order valence-electron chi connectivity index (χ4n) is 4.42. The molecule has 3 aliphatic rings. The lowest BCUT2D eigenvalue weighted by molar-refractivity contribution is 0.240. The molecule has 1 saturated carbocycles. The van der Waals surface area contributed by atoms with Gasteiger partial charge < -0.3 is 10.6 Å². The van der Waals surface area contributed by atoms with Gasteiger partial charge in [0.15, 0.2) is 0 Å². The molecule has 0 bridgehead atoms. The Balaban J connectivity index is 0.00000225. The summed E-state index contributed by atoms with van der Waals surface area (Å²) in [7, 11) is -3.60. The predicted molar refractivity (Wildman–Crippen MR) is 110 cm³/mol. The number of benzene rings is 1. The molecular formula is C19H28ClFN4O2S. The van der Waals surface area contributed by atoms with Gasteiger partial charge in [0.05, 0.1) is 17.0 Å². The SMILES string of the molecule is Cl.O=S(=O)(c1ccc(F)cc1)N1CCC2(CC1)NCCN=C2NC1CCCC1. The Morgan fingerprint density at radius 3 is 2.43 bits per heavy atom. The zero-order valence-electron chi connectivity index (χ0n) is 15.9. The molecule has 4 rings (SSSR count). The van der Waals surface area contributed by atoms with Crippen molar-refractivity contribution in [3.8, 4) is 0 Å². The molecule has 6 nitrogen and oxygen atoms in total. The largest absolute Gasteiger partial charge is 0.370 e. The van der Waals surface area contributed by atoms with Crippen LogP contribution in [0.5, 0.6) is 0 Å². The zero-order valence-corrected chi connectivity index (χ0v) is 17.5. The second-order valence-corrected chi connectivity index (χ2v) is 9.66. The van der Waals surface area contributed by atoms with Gasteiger partial charge in [0, 0.05) is 25.7 Å². The van der Waals surface area contributed by atoms with Crippen molar-refractivity contribution in [2.75, 3.05) is 26.2 Å². The molecule has 0 radical (unpaired) electrons. The molecule has 0 atom stereocenters. The molecule has 1 saturated heterocycles. The lowest BCUT2D eigenvalue weighted by atomic mass is 9.85. The molecule has 2 aliphatic heterocycles. The smallest absolute Gasteiger partial charge is 0.243 e. The summed E-state index contributed by atoms with van der Waals surface area (Å²) in [4.78, 5) is 4.91. The standard InChI is InChI=1S/C19H27FN4O2S.ClH/c20-15-5-7-17(8-6-15)27(25,26)24-13-9-19(10-14-24)18(21-11-12-22-19)23-16-3-1-2-4-16;/h5-8,16,22H,1-4,9-14H2,(H,21,23);1H. The molecule has 1 aromatic rings. The first-order valence-electron chi connectivity index (χ1n) is 9.82. The van der Waals surface area contributed by atoms with E-state index in [1.165, 1.54) is 54.3 Å². The van der Waals surface area contributed by atoms with Gasteiger partial charge in [-0.25, -0.2) is 12.8 Å². The molecule has 1 spiro atoms. The molecule has 2 heterocycles. The molecule has 0 amide bonds. The van der Waals surface area contributed by atoms with E-state index in [1.807, 2.05) is 0 Å². The highest BCUT2D eigenvalue weighted by Crippen LogP contribution is 2.30. The lowest BCUT2D eigenvalue weighted by Gasteiger charge is -2.45. The number of sulfonamides is 1. The molecule has 28 heavy (non-hydrogen) atoms. The van der Waals surface area contributed by atoms with Crippen molar-refractivity contribution in [2.24, 2.45) is 4.99 Å². The average Bonchev–Trinajstić information content (AvgIpc) is 3.18. The molecule has 1 aliphatic carbocycles. The highest BCUT2D eigenvalue weighted by Gasteiger charge is 2.43. The maximum absolute atomic E-state index is 13.1. The summed E-state index contributed by atoms with van der Waals surface area (Å²) in [5, 5.41) is 7.26. The summed E-state index contributed by atoms with van der Waals surface area (Å²) < 4.78 is 40.4. The first kappa shape index (κ1) is 21.5. The van der Waals surface area contributed by atoms with E-state index in [9.17, 15) is 12.8 Å². The van der Waals surface area contributed by atoms with Gasteiger partial charge >= 0.3 is 0 Å². The van der Waals surface area contributed by atoms with E-state index in [-0.39, 0.29) is 22.8 Å². The van der Waals surface area contributed by atoms with Gasteiger partial charge in [-0.1, -0.05) is 12.8 Å². The number of halogens is 2. The van der Waals surface area contributed by atoms with Gasteiger partial charge in [-0.05, 0) is 49.9 Å². The average molecular weight is 431 g/mol. The molecule has 156 valence electrons. The van der Waals surface area contributed by atoms with E-state index in [1.54, 1.807) is 0 Å². The fraction of sp³-hybridized carbons (Fsp3) is 0.632. The van der Waals surface area contributed by atoms with Crippen LogP contribution >= 0.6 is 12.4 Å². The van der Waals surface area contributed by atoms with E-state index < -0.39 is 15.8 Å². The second kappa shape index (κ2) is 8.65. The van der Waals surface area contributed by atoms with Crippen molar-refractivity contribution < 1.29 is 12.8 Å². The number of nitrogens with zero attached hydrogens (tertiary/aromatic N) is 2. The first-order valence-corrected chi connectivity index (χ1v) is 11.3. The van der Waals surface area contributed by atoms with Crippen LogP contribution < -0.4 is 10.6 Å². The zero-order chi connectivity index (χ0) is 18.9. The topological polar surface area (TPSA) is 73.8 Å². The summed E-state index contributed by atoms with van der Waals surface area (Å²) in [5.74, 6) is 0.580. The number of hydrogen-bond donors (Lipinski definition) is 2. The number of hydrogen-bond acceptors (Lipinski definition) is 5. The third kappa shape index (κ3) is 4.20. The number of amidine groups is 1. The maximum atomic E-state index is 13.1. The van der Waals surface area contributed by atoms with Crippen LogP contribution in [0.4, 0.5) is 4.39 Å². The monoisotopic (exact) mass is 430 g/mol. The predicted octanol–water partition coefficient (Wildman–Crippen LogP) is 2.30. The van der Waals surface area contributed by atoms with Gasteiger partial charge in [-0.15, -0.1) is 12.4 Å². The summed E-state index contributed by atoms with van der Waals surface area (Å²) in [6.07, 6.45) is 6.25. The normalized spacial score (nSPS) is 23.2. The summed E-state index contributed by atoms with van der Waals surface area (Å²) in [6, 6.07) is 5.54. The Morgan fingerprint density at radius 1 is 1.14 bits per heavy atom. The van der Waals surface area contributed by atoms with Crippen molar-refractivity contribution in [1.82, 2.24) is 14.9 Å². The number of aliphatic imine (C=N–C) groups is 1. The first-order chi connectivity index (χ1) is 13.0. The molecule has 0 unspecified atom stereocenters. The van der Waals surface area contributed by atoms with Crippen molar-refractivity contribution in [1.29, 1.82) is 0 Å². The van der Waals surface area contributed by atoms with Crippen LogP contribution in [0.25, 0.3) is 0 Å². The highest BCUT2D eigenvalue weighted by atomic mass is 35.5. The van der Waals surface area contributed by atoms with Gasteiger partial charge in [0.25, 0.3) is 0 Å². The van der Waals surface area contributed by atoms with Gasteiger partial charge in [-0.3, -0.25) is 4.99 Å². The number of piperidine rings is 1. The fourth-order valence-corrected chi connectivity index (χ4v) is 5.86. The maximum Gasteiger partial charge on any atom is 0.243 e. The molecule has 2 fully saturated rings. The third-order valence-corrected chi connectivity index (χ3v) is 7.93. The van der Waals surface area contributed by atoms with Crippen LogP contribution in [0, 0.1) is 5.82 Å². The highest BCUT2D eigenvalue weighted by molar-refractivity contribution is 7.89. The minimum absolute atomic E-state index is 0. The minimum atomic E-state index is -3.60. The van der Waals surface area contributed by atoms with Gasteiger partial charge in [0.1, 0.15) is 11.7 Å². The van der Waals surface area contributed by atoms with E-state index in [0.717, 1.165) is 18.9 Å². The minimum Gasteiger partial charge on any atom is -0.370 e. The van der Waals surface area contributed by atoms with Crippen molar-refractivity contribution in [3.63, 3.8) is 0 Å². The molecule has 0 aromatic heterocycles. The van der Waals surface area contributed by atoms with Crippen LogP contribution in [0.1, 0.15) is 38.5 Å². The Hall–Kier alpha value is -1.22. The molecule has 9 heteroatoms. The van der Waals surface area contributed by atoms with Crippen LogP contribution in [-0.2, 0) is 10.0 Å². The summed E-state index contributed by atoms with van der Waals surface area (Å²) in [5.41, 5.74) is -0.254. The van der Waals surface area contributed by atoms with E-state index in [2.05, 4.69) is 10.6 Å². The Bertz CT molecular complexity index is 802. The molecule has 2 N–H and O–H groups in total. The van der Waals surface area contributed by atoms with Crippen LogP contribution in [-0.4, -0.2) is 56.3 Å². The Labute approximate surface area is 172 Å². The van der Waals surface area contributed by atoms with Crippen molar-refractivity contribution >= 4 is 28.3 Å². The van der Waals surface area contributed by atoms with Gasteiger partial charge in [-0.2, -0.15) is 4.31 Å². The van der Waals surface area contributed by atoms with E-state index in [4.69, 9.17) is 4.99 Å².